The highest BCUT2D eigenvalue weighted by Crippen LogP contribution is 2.35. The van der Waals surface area contributed by atoms with Gasteiger partial charge in [0.1, 0.15) is 11.5 Å². The van der Waals surface area contributed by atoms with Crippen molar-refractivity contribution in [3.8, 4) is 0 Å². The molecule has 1 aromatic rings. The first-order valence-corrected chi connectivity index (χ1v) is 7.41. The number of furan rings is 1. The van der Waals surface area contributed by atoms with Gasteiger partial charge in [-0.05, 0) is 37.8 Å². The minimum atomic E-state index is -2.34. The maximum atomic E-state index is 12.0. The first kappa shape index (κ1) is 13.9. The standard InChI is InChI=1S/C13H19F2NOS/c1-2-13(6-3-7-13)16-8-10-4-5-11(17-10)9-18-12(14)15/h4-5,12,16H,2-3,6-9H2,1H3. The van der Waals surface area contributed by atoms with Crippen LogP contribution in [0, 0.1) is 0 Å². The molecular formula is C13H19F2NOS. The third-order valence-electron chi connectivity index (χ3n) is 3.69. The van der Waals surface area contributed by atoms with Crippen LogP contribution in [0.2, 0.25) is 0 Å². The molecule has 0 unspecified atom stereocenters. The van der Waals surface area contributed by atoms with E-state index in [2.05, 4.69) is 12.2 Å². The number of alkyl halides is 2. The Hall–Kier alpha value is -0.550. The second-order valence-electron chi connectivity index (χ2n) is 4.78. The molecule has 1 aliphatic rings. The summed E-state index contributed by atoms with van der Waals surface area (Å²) in [5.41, 5.74) is 0.282. The minimum Gasteiger partial charge on any atom is -0.464 e. The van der Waals surface area contributed by atoms with Crippen LogP contribution in [0.5, 0.6) is 0 Å². The second kappa shape index (κ2) is 6.06. The summed E-state index contributed by atoms with van der Waals surface area (Å²) >= 11 is 0.594. The van der Waals surface area contributed by atoms with Crippen LogP contribution < -0.4 is 5.32 Å². The van der Waals surface area contributed by atoms with Gasteiger partial charge in [-0.1, -0.05) is 18.7 Å². The van der Waals surface area contributed by atoms with Crippen molar-refractivity contribution in [2.75, 3.05) is 0 Å². The van der Waals surface area contributed by atoms with Gasteiger partial charge in [0, 0.05) is 5.54 Å². The van der Waals surface area contributed by atoms with Crippen LogP contribution >= 0.6 is 11.8 Å². The number of hydrogen-bond donors (Lipinski definition) is 1. The molecular weight excluding hydrogens is 256 g/mol. The van der Waals surface area contributed by atoms with Gasteiger partial charge in [0.25, 0.3) is 5.76 Å². The Bertz CT molecular complexity index is 371. The molecule has 0 radical (unpaired) electrons. The van der Waals surface area contributed by atoms with Gasteiger partial charge in [0.05, 0.1) is 12.3 Å². The van der Waals surface area contributed by atoms with Crippen molar-refractivity contribution in [1.29, 1.82) is 0 Å². The number of thioether (sulfide) groups is 1. The predicted molar refractivity (Wildman–Crippen MR) is 69.7 cm³/mol. The van der Waals surface area contributed by atoms with Crippen molar-refractivity contribution in [3.05, 3.63) is 23.7 Å². The molecule has 0 aliphatic heterocycles. The van der Waals surface area contributed by atoms with Crippen molar-refractivity contribution >= 4 is 11.8 Å². The zero-order valence-electron chi connectivity index (χ0n) is 10.5. The Morgan fingerprint density at radius 3 is 2.67 bits per heavy atom. The number of rotatable bonds is 7. The molecule has 18 heavy (non-hydrogen) atoms. The van der Waals surface area contributed by atoms with Gasteiger partial charge in [0.2, 0.25) is 0 Å². The molecule has 0 saturated heterocycles. The largest absolute Gasteiger partial charge is 0.464 e. The van der Waals surface area contributed by atoms with Crippen molar-refractivity contribution < 1.29 is 13.2 Å². The molecule has 2 nitrogen and oxygen atoms in total. The van der Waals surface area contributed by atoms with Gasteiger partial charge in [0.15, 0.2) is 0 Å². The third kappa shape index (κ3) is 3.48. The molecule has 0 aromatic carbocycles. The molecule has 0 amide bonds. The summed E-state index contributed by atoms with van der Waals surface area (Å²) in [7, 11) is 0. The van der Waals surface area contributed by atoms with E-state index < -0.39 is 5.76 Å². The van der Waals surface area contributed by atoms with Crippen LogP contribution in [-0.2, 0) is 12.3 Å². The lowest BCUT2D eigenvalue weighted by Gasteiger charge is -2.42. The lowest BCUT2D eigenvalue weighted by Crippen LogP contribution is -2.49. The highest BCUT2D eigenvalue weighted by Gasteiger charge is 2.34. The lowest BCUT2D eigenvalue weighted by atomic mass is 9.75. The number of nitrogens with one attached hydrogen (secondary N) is 1. The fourth-order valence-electron chi connectivity index (χ4n) is 2.27. The zero-order valence-corrected chi connectivity index (χ0v) is 11.4. The van der Waals surface area contributed by atoms with E-state index in [0.717, 1.165) is 12.2 Å². The van der Waals surface area contributed by atoms with Crippen LogP contribution in [0.25, 0.3) is 0 Å². The number of hydrogen-bond acceptors (Lipinski definition) is 3. The second-order valence-corrected chi connectivity index (χ2v) is 5.76. The maximum absolute atomic E-state index is 12.0. The first-order chi connectivity index (χ1) is 8.63. The molecule has 5 heteroatoms. The Labute approximate surface area is 111 Å². The fraction of sp³-hybridized carbons (Fsp3) is 0.692. The monoisotopic (exact) mass is 275 g/mol. The van der Waals surface area contributed by atoms with Crippen molar-refractivity contribution in [2.24, 2.45) is 0 Å². The fourth-order valence-corrected chi connectivity index (χ4v) is 2.72. The predicted octanol–water partition coefficient (Wildman–Crippen LogP) is 4.16. The van der Waals surface area contributed by atoms with Gasteiger partial charge >= 0.3 is 0 Å². The average Bonchev–Trinajstić information content (AvgIpc) is 2.74. The SMILES string of the molecule is CCC1(NCc2ccc(CSC(F)F)o2)CCC1. The average molecular weight is 275 g/mol. The summed E-state index contributed by atoms with van der Waals surface area (Å²) in [4.78, 5) is 0. The molecule has 102 valence electrons. The van der Waals surface area contributed by atoms with E-state index in [-0.39, 0.29) is 11.3 Å². The molecule has 0 bridgehead atoms. The van der Waals surface area contributed by atoms with Crippen LogP contribution in [0.4, 0.5) is 8.78 Å². The van der Waals surface area contributed by atoms with E-state index in [4.69, 9.17) is 4.42 Å². The lowest BCUT2D eigenvalue weighted by molar-refractivity contribution is 0.170. The first-order valence-electron chi connectivity index (χ1n) is 6.36. The Kier molecular flexibility index (Phi) is 4.67. The maximum Gasteiger partial charge on any atom is 0.284 e. The van der Waals surface area contributed by atoms with Crippen LogP contribution in [0.3, 0.4) is 0 Å². The van der Waals surface area contributed by atoms with Gasteiger partial charge in [-0.3, -0.25) is 0 Å². The third-order valence-corrected chi connectivity index (χ3v) is 4.40. The molecule has 0 atom stereocenters. The van der Waals surface area contributed by atoms with Crippen molar-refractivity contribution in [2.45, 2.75) is 56.2 Å². The van der Waals surface area contributed by atoms with E-state index in [1.165, 1.54) is 19.3 Å². The Morgan fingerprint density at radius 2 is 2.11 bits per heavy atom. The van der Waals surface area contributed by atoms with Gasteiger partial charge in [-0.25, -0.2) is 0 Å². The summed E-state index contributed by atoms with van der Waals surface area (Å²) in [6, 6.07) is 3.65. The van der Waals surface area contributed by atoms with E-state index in [1.807, 2.05) is 6.07 Å². The van der Waals surface area contributed by atoms with Gasteiger partial charge in [-0.15, -0.1) is 0 Å². The van der Waals surface area contributed by atoms with E-state index >= 15 is 0 Å². The smallest absolute Gasteiger partial charge is 0.284 e. The quantitative estimate of drug-likeness (QED) is 0.809. The van der Waals surface area contributed by atoms with E-state index in [1.54, 1.807) is 6.07 Å². The summed E-state index contributed by atoms with van der Waals surface area (Å²) in [5, 5.41) is 3.53. The molecule has 0 spiro atoms. The summed E-state index contributed by atoms with van der Waals surface area (Å²) in [6.07, 6.45) is 4.85. The molecule has 1 fully saturated rings. The summed E-state index contributed by atoms with van der Waals surface area (Å²) in [6.45, 7) is 2.88. The molecule has 1 aliphatic carbocycles. The normalized spacial score (nSPS) is 18.0. The topological polar surface area (TPSA) is 25.2 Å². The van der Waals surface area contributed by atoms with Crippen molar-refractivity contribution in [1.82, 2.24) is 5.32 Å². The van der Waals surface area contributed by atoms with Gasteiger partial charge < -0.3 is 9.73 Å². The molecule has 1 N–H and O–H groups in total. The summed E-state index contributed by atoms with van der Waals surface area (Å²) in [5.74, 6) is -0.651. The van der Waals surface area contributed by atoms with E-state index in [0.29, 0.717) is 24.1 Å². The zero-order chi connectivity index (χ0) is 13.0. The van der Waals surface area contributed by atoms with Gasteiger partial charge in [-0.2, -0.15) is 8.78 Å². The molecule has 1 heterocycles. The van der Waals surface area contributed by atoms with Crippen molar-refractivity contribution in [3.63, 3.8) is 0 Å². The number of halogens is 2. The molecule has 2 rings (SSSR count). The Morgan fingerprint density at radius 1 is 1.39 bits per heavy atom. The highest BCUT2D eigenvalue weighted by atomic mass is 32.2. The molecule has 1 saturated carbocycles. The van der Waals surface area contributed by atoms with Crippen LogP contribution in [0.1, 0.15) is 44.1 Å². The van der Waals surface area contributed by atoms with Crippen LogP contribution in [0.15, 0.2) is 16.5 Å². The van der Waals surface area contributed by atoms with Crippen LogP contribution in [-0.4, -0.2) is 11.3 Å². The highest BCUT2D eigenvalue weighted by molar-refractivity contribution is 7.98. The van der Waals surface area contributed by atoms with E-state index in [9.17, 15) is 8.78 Å². The summed E-state index contributed by atoms with van der Waals surface area (Å²) < 4.78 is 29.6. The Balaban J connectivity index is 1.79. The molecule has 1 aromatic heterocycles. The minimum absolute atomic E-state index is 0.233.